The lowest BCUT2D eigenvalue weighted by atomic mass is 10.0. The largest absolute Gasteiger partial charge is 0.490 e. The van der Waals surface area contributed by atoms with E-state index in [0.717, 1.165) is 0 Å². The molecule has 2 aromatic rings. The molecule has 0 amide bonds. The molecule has 0 fully saturated rings. The normalized spacial score (nSPS) is 10.4. The van der Waals surface area contributed by atoms with Crippen LogP contribution >= 0.6 is 0 Å². The third kappa shape index (κ3) is 4.73. The first-order valence-corrected chi connectivity index (χ1v) is 7.74. The number of nitriles is 1. The molecule has 0 unspecified atom stereocenters. The second-order valence-electron chi connectivity index (χ2n) is 5.00. The molecule has 4 heteroatoms. The van der Waals surface area contributed by atoms with Gasteiger partial charge in [0.25, 0.3) is 0 Å². The van der Waals surface area contributed by atoms with Crippen molar-refractivity contribution >= 4 is 11.9 Å². The Hall–Kier alpha value is -3.50. The van der Waals surface area contributed by atoms with Gasteiger partial charge in [-0.15, -0.1) is 6.42 Å². The Balaban J connectivity index is 2.34. The average Bonchev–Trinajstić information content (AvgIpc) is 2.66. The molecule has 0 saturated carbocycles. The maximum absolute atomic E-state index is 12.4. The Morgan fingerprint density at radius 3 is 2.56 bits per heavy atom. The van der Waals surface area contributed by atoms with Gasteiger partial charge in [-0.1, -0.05) is 42.3 Å². The second kappa shape index (κ2) is 8.96. The Kier molecular flexibility index (Phi) is 6.39. The van der Waals surface area contributed by atoms with Crippen LogP contribution in [0.25, 0.3) is 6.08 Å². The van der Waals surface area contributed by atoms with E-state index in [1.54, 1.807) is 42.5 Å². The quantitative estimate of drug-likeness (QED) is 0.334. The SMILES string of the molecule is C#CCOc1ccc(/C=C(\C#N)C(=O)c2ccccc2)cc1OCC. The molecule has 2 rings (SSSR count). The molecule has 124 valence electrons. The van der Waals surface area contributed by atoms with Gasteiger partial charge in [0.2, 0.25) is 5.78 Å². The molecule has 0 bridgehead atoms. The van der Waals surface area contributed by atoms with Gasteiger partial charge in [-0.3, -0.25) is 4.79 Å². The zero-order chi connectivity index (χ0) is 18.1. The Bertz CT molecular complexity index is 855. The molecule has 0 aromatic heterocycles. The molecule has 0 radical (unpaired) electrons. The van der Waals surface area contributed by atoms with Crippen LogP contribution in [0.1, 0.15) is 22.8 Å². The second-order valence-corrected chi connectivity index (χ2v) is 5.00. The lowest BCUT2D eigenvalue weighted by Crippen LogP contribution is -2.02. The number of ether oxygens (including phenoxy) is 2. The number of allylic oxidation sites excluding steroid dienone is 1. The number of rotatable bonds is 7. The van der Waals surface area contributed by atoms with E-state index in [0.29, 0.717) is 29.2 Å². The van der Waals surface area contributed by atoms with E-state index in [1.807, 2.05) is 19.1 Å². The van der Waals surface area contributed by atoms with E-state index in [4.69, 9.17) is 15.9 Å². The molecular weight excluding hydrogens is 314 g/mol. The van der Waals surface area contributed by atoms with Crippen LogP contribution in [0.4, 0.5) is 0 Å². The summed E-state index contributed by atoms with van der Waals surface area (Å²) in [6.07, 6.45) is 6.73. The third-order valence-corrected chi connectivity index (χ3v) is 3.29. The van der Waals surface area contributed by atoms with E-state index in [9.17, 15) is 10.1 Å². The number of carbonyl (C=O) groups is 1. The van der Waals surface area contributed by atoms with Gasteiger partial charge in [-0.25, -0.2) is 0 Å². The average molecular weight is 331 g/mol. The van der Waals surface area contributed by atoms with Gasteiger partial charge in [0.05, 0.1) is 6.61 Å². The van der Waals surface area contributed by atoms with Crippen molar-refractivity contribution in [2.75, 3.05) is 13.2 Å². The number of hydrogen-bond donors (Lipinski definition) is 0. The highest BCUT2D eigenvalue weighted by Crippen LogP contribution is 2.29. The monoisotopic (exact) mass is 331 g/mol. The maximum Gasteiger partial charge on any atom is 0.203 e. The first kappa shape index (κ1) is 17.8. The van der Waals surface area contributed by atoms with Crippen LogP contribution in [0.5, 0.6) is 11.5 Å². The first-order chi connectivity index (χ1) is 12.2. The molecule has 4 nitrogen and oxygen atoms in total. The van der Waals surface area contributed by atoms with Gasteiger partial charge in [0.15, 0.2) is 11.5 Å². The van der Waals surface area contributed by atoms with Crippen molar-refractivity contribution in [3.8, 4) is 29.9 Å². The van der Waals surface area contributed by atoms with Crippen molar-refractivity contribution in [2.45, 2.75) is 6.92 Å². The molecule has 0 aliphatic rings. The van der Waals surface area contributed by atoms with Crippen LogP contribution in [0, 0.1) is 23.7 Å². The van der Waals surface area contributed by atoms with Crippen LogP contribution in [0.15, 0.2) is 54.1 Å². The summed E-state index contributed by atoms with van der Waals surface area (Å²) in [6.45, 7) is 2.44. The summed E-state index contributed by atoms with van der Waals surface area (Å²) in [5.74, 6) is 3.10. The number of Topliss-reactive ketones (excluding diaryl/α,β-unsaturated/α-hetero) is 1. The predicted molar refractivity (Wildman–Crippen MR) is 96.3 cm³/mol. The van der Waals surface area contributed by atoms with Gasteiger partial charge in [-0.05, 0) is 30.7 Å². The highest BCUT2D eigenvalue weighted by Gasteiger charge is 2.12. The predicted octanol–water partition coefficient (Wildman–Crippen LogP) is 3.89. The van der Waals surface area contributed by atoms with Crippen LogP contribution in [0.3, 0.4) is 0 Å². The van der Waals surface area contributed by atoms with Gasteiger partial charge in [-0.2, -0.15) is 5.26 Å². The fourth-order valence-corrected chi connectivity index (χ4v) is 2.18. The summed E-state index contributed by atoms with van der Waals surface area (Å²) in [4.78, 5) is 12.4. The van der Waals surface area contributed by atoms with Crippen LogP contribution in [0.2, 0.25) is 0 Å². The van der Waals surface area contributed by atoms with Crippen LogP contribution in [-0.2, 0) is 0 Å². The minimum absolute atomic E-state index is 0.0472. The summed E-state index contributed by atoms with van der Waals surface area (Å²) in [6, 6.07) is 15.8. The van der Waals surface area contributed by atoms with Crippen molar-refractivity contribution in [1.29, 1.82) is 5.26 Å². The molecule has 0 atom stereocenters. The van der Waals surface area contributed by atoms with E-state index in [-0.39, 0.29) is 18.0 Å². The lowest BCUT2D eigenvalue weighted by molar-refractivity contribution is 0.104. The Morgan fingerprint density at radius 1 is 1.16 bits per heavy atom. The molecule has 2 aromatic carbocycles. The van der Waals surface area contributed by atoms with Gasteiger partial charge in [0.1, 0.15) is 18.2 Å². The third-order valence-electron chi connectivity index (χ3n) is 3.29. The van der Waals surface area contributed by atoms with E-state index >= 15 is 0 Å². The minimum atomic E-state index is -0.325. The number of terminal acetylenes is 1. The standard InChI is InChI=1S/C21H17NO3/c1-3-12-25-19-11-10-16(14-20(19)24-4-2)13-18(15-22)21(23)17-8-6-5-7-9-17/h1,5-11,13-14H,4,12H2,2H3/b18-13+. The zero-order valence-corrected chi connectivity index (χ0v) is 13.9. The summed E-state index contributed by atoms with van der Waals surface area (Å²) >= 11 is 0. The van der Waals surface area contributed by atoms with E-state index in [2.05, 4.69) is 5.92 Å². The summed E-state index contributed by atoms with van der Waals surface area (Å²) < 4.78 is 11.0. The van der Waals surface area contributed by atoms with Gasteiger partial charge < -0.3 is 9.47 Å². The zero-order valence-electron chi connectivity index (χ0n) is 13.9. The van der Waals surface area contributed by atoms with E-state index in [1.165, 1.54) is 6.08 Å². The molecule has 0 aliphatic heterocycles. The van der Waals surface area contributed by atoms with Gasteiger partial charge in [0, 0.05) is 5.56 Å². The fraction of sp³-hybridized carbons (Fsp3) is 0.143. The van der Waals surface area contributed by atoms with Crippen molar-refractivity contribution in [3.05, 3.63) is 65.2 Å². The highest BCUT2D eigenvalue weighted by molar-refractivity contribution is 6.14. The summed E-state index contributed by atoms with van der Waals surface area (Å²) in [5.41, 5.74) is 1.18. The molecule has 0 N–H and O–H groups in total. The molecule has 25 heavy (non-hydrogen) atoms. The Labute approximate surface area is 147 Å². The Morgan fingerprint density at radius 2 is 1.92 bits per heavy atom. The number of carbonyl (C=O) groups excluding carboxylic acids is 1. The first-order valence-electron chi connectivity index (χ1n) is 7.74. The van der Waals surface area contributed by atoms with Crippen molar-refractivity contribution < 1.29 is 14.3 Å². The number of hydrogen-bond acceptors (Lipinski definition) is 4. The number of ketones is 1. The number of nitrogens with zero attached hydrogens (tertiary/aromatic N) is 1. The highest BCUT2D eigenvalue weighted by atomic mass is 16.5. The van der Waals surface area contributed by atoms with Crippen molar-refractivity contribution in [2.24, 2.45) is 0 Å². The van der Waals surface area contributed by atoms with Crippen molar-refractivity contribution in [1.82, 2.24) is 0 Å². The fourth-order valence-electron chi connectivity index (χ4n) is 2.18. The molecule has 0 heterocycles. The maximum atomic E-state index is 12.4. The molecular formula is C21H17NO3. The van der Waals surface area contributed by atoms with Gasteiger partial charge >= 0.3 is 0 Å². The molecule has 0 aliphatic carbocycles. The molecule has 0 spiro atoms. The van der Waals surface area contributed by atoms with Crippen LogP contribution < -0.4 is 9.47 Å². The lowest BCUT2D eigenvalue weighted by Gasteiger charge is -2.11. The topological polar surface area (TPSA) is 59.3 Å². The number of benzene rings is 2. The summed E-state index contributed by atoms with van der Waals surface area (Å²) in [5, 5.41) is 9.35. The molecule has 0 saturated heterocycles. The van der Waals surface area contributed by atoms with E-state index < -0.39 is 0 Å². The van der Waals surface area contributed by atoms with Crippen molar-refractivity contribution in [3.63, 3.8) is 0 Å². The smallest absolute Gasteiger partial charge is 0.203 e. The van der Waals surface area contributed by atoms with Crippen LogP contribution in [-0.4, -0.2) is 19.0 Å². The summed E-state index contributed by atoms with van der Waals surface area (Å²) in [7, 11) is 0. The minimum Gasteiger partial charge on any atom is -0.490 e.